The minimum atomic E-state index is -4.52. The van der Waals surface area contributed by atoms with E-state index in [1.807, 2.05) is 13.0 Å². The fourth-order valence-corrected chi connectivity index (χ4v) is 15.2. The van der Waals surface area contributed by atoms with Crippen molar-refractivity contribution < 1.29 is 72.4 Å². The van der Waals surface area contributed by atoms with E-state index in [1.54, 1.807) is 12.2 Å². The molecule has 0 spiro atoms. The van der Waals surface area contributed by atoms with Gasteiger partial charge >= 0.3 is 273 Å². The summed E-state index contributed by atoms with van der Waals surface area (Å²) in [6, 6.07) is 20.7. The summed E-state index contributed by atoms with van der Waals surface area (Å²) >= 11 is -3.43. The molecule has 0 saturated heterocycles. The molecule has 4 aromatic carbocycles. The van der Waals surface area contributed by atoms with Crippen LogP contribution in [0.3, 0.4) is 0 Å². The molecule has 0 nitrogen and oxygen atoms in total. The number of fused-ring (bicyclic) bond motifs is 3. The van der Waals surface area contributed by atoms with Crippen LogP contribution in [0.2, 0.25) is 0 Å². The first kappa shape index (κ1) is 37.6. The van der Waals surface area contributed by atoms with E-state index in [9.17, 15) is 26.3 Å². The predicted octanol–water partition coefficient (Wildman–Crippen LogP) is 4.58. The third kappa shape index (κ3) is 7.20. The van der Waals surface area contributed by atoms with Crippen LogP contribution in [0.15, 0.2) is 113 Å². The largest absolute Gasteiger partial charge is 1.00 e. The van der Waals surface area contributed by atoms with Crippen molar-refractivity contribution in [3.05, 3.63) is 158 Å². The Hall–Kier alpha value is -3.25. The Kier molecular flexibility index (Phi) is 11.2. The van der Waals surface area contributed by atoms with Crippen molar-refractivity contribution >= 4 is 18.6 Å². The number of halogens is 8. The molecule has 0 fully saturated rings. The number of hydrogen-bond acceptors (Lipinski definition) is 0. The molecule has 1 unspecified atom stereocenters. The Morgan fingerprint density at radius 2 is 1.25 bits per heavy atom. The van der Waals surface area contributed by atoms with Crippen molar-refractivity contribution in [2.75, 3.05) is 0 Å². The Bertz CT molecular complexity index is 1920. The molecule has 2 aliphatic rings. The number of hydrogen-bond donors (Lipinski definition) is 0. The van der Waals surface area contributed by atoms with Crippen molar-refractivity contribution in [2.24, 2.45) is 5.92 Å². The molecule has 0 aliphatic heterocycles. The van der Waals surface area contributed by atoms with Gasteiger partial charge in [0.2, 0.25) is 0 Å². The molecule has 6 rings (SSSR count). The van der Waals surface area contributed by atoms with Crippen LogP contribution in [0.25, 0.3) is 23.3 Å². The van der Waals surface area contributed by atoms with Gasteiger partial charge in [-0.2, -0.15) is 0 Å². The molecule has 1 atom stereocenters. The van der Waals surface area contributed by atoms with Crippen LogP contribution in [-0.2, 0) is 40.0 Å². The maximum Gasteiger partial charge on any atom is -1.00 e. The fourth-order valence-electron chi connectivity index (χ4n) is 6.53. The molecule has 0 N–H and O–H groups in total. The average Bonchev–Trinajstić information content (AvgIpc) is 3.56. The van der Waals surface area contributed by atoms with Crippen molar-refractivity contribution in [3.63, 3.8) is 0 Å². The molecule has 9 heteroatoms. The van der Waals surface area contributed by atoms with Gasteiger partial charge in [0.1, 0.15) is 0 Å². The van der Waals surface area contributed by atoms with Gasteiger partial charge in [0.15, 0.2) is 0 Å². The Morgan fingerprint density at radius 3 is 1.71 bits per heavy atom. The van der Waals surface area contributed by atoms with Gasteiger partial charge in [0, 0.05) is 0 Å². The maximum absolute atomic E-state index is 13.6. The summed E-state index contributed by atoms with van der Waals surface area (Å²) in [6.45, 7) is 12.1. The van der Waals surface area contributed by atoms with Crippen molar-refractivity contribution in [1.29, 1.82) is 0 Å². The van der Waals surface area contributed by atoms with E-state index in [-0.39, 0.29) is 30.7 Å². The van der Waals surface area contributed by atoms with Crippen LogP contribution >= 0.6 is 0 Å². The third-order valence-electron chi connectivity index (χ3n) is 8.73. The average molecular weight is 775 g/mol. The first-order valence-electron chi connectivity index (χ1n) is 14.8. The first-order chi connectivity index (χ1) is 21.8. The summed E-state index contributed by atoms with van der Waals surface area (Å²) in [7, 11) is 0. The molecule has 0 bridgehead atoms. The summed E-state index contributed by atoms with van der Waals surface area (Å²) in [6.07, 6.45) is -0.404. The van der Waals surface area contributed by atoms with E-state index in [0.29, 0.717) is 17.5 Å². The van der Waals surface area contributed by atoms with Gasteiger partial charge in [-0.1, -0.05) is 0 Å². The molecule has 2 aliphatic carbocycles. The van der Waals surface area contributed by atoms with Gasteiger partial charge < -0.3 is 24.8 Å². The summed E-state index contributed by atoms with van der Waals surface area (Å²) in [5.41, 5.74) is 7.13. The smallest absolute Gasteiger partial charge is 1.00 e. The predicted molar refractivity (Wildman–Crippen MR) is 172 cm³/mol. The number of benzene rings is 4. The second-order valence-corrected chi connectivity index (χ2v) is 17.6. The molecule has 246 valence electrons. The number of alkyl halides is 6. The summed E-state index contributed by atoms with van der Waals surface area (Å²) in [5, 5.41) is 0. The number of rotatable bonds is 6. The quantitative estimate of drug-likeness (QED) is 0.222. The van der Waals surface area contributed by atoms with E-state index < -0.39 is 44.7 Å². The normalized spacial score (nSPS) is 14.7. The van der Waals surface area contributed by atoms with Gasteiger partial charge in [-0.15, -0.1) is 0 Å². The van der Waals surface area contributed by atoms with Gasteiger partial charge in [-0.25, -0.2) is 0 Å². The van der Waals surface area contributed by atoms with E-state index in [0.717, 1.165) is 64.1 Å². The van der Waals surface area contributed by atoms with Gasteiger partial charge in [-0.05, 0) is 0 Å². The molecule has 0 aromatic heterocycles. The monoisotopic (exact) mass is 772 g/mol. The second-order valence-electron chi connectivity index (χ2n) is 11.8. The zero-order chi connectivity index (χ0) is 33.0. The molecular formula is C39H30Cl2F6Zr. The van der Waals surface area contributed by atoms with E-state index in [2.05, 4.69) is 56.5 Å². The third-order valence-corrected chi connectivity index (χ3v) is 16.7. The van der Waals surface area contributed by atoms with Gasteiger partial charge in [0.05, 0.1) is 0 Å². The zero-order valence-corrected chi connectivity index (χ0v) is 30.0. The van der Waals surface area contributed by atoms with Crippen LogP contribution in [0, 0.1) is 5.92 Å². The summed E-state index contributed by atoms with van der Waals surface area (Å²) in [4.78, 5) is 0. The van der Waals surface area contributed by atoms with Crippen molar-refractivity contribution in [3.8, 4) is 11.1 Å². The minimum Gasteiger partial charge on any atom is -1.00 e. The van der Waals surface area contributed by atoms with Crippen molar-refractivity contribution in [1.82, 2.24) is 0 Å². The molecule has 48 heavy (non-hydrogen) atoms. The van der Waals surface area contributed by atoms with Crippen LogP contribution in [0.5, 0.6) is 0 Å². The molecular weight excluding hydrogens is 745 g/mol. The van der Waals surface area contributed by atoms with Crippen molar-refractivity contribution in [2.45, 2.75) is 32.6 Å². The first-order valence-corrected chi connectivity index (χ1v) is 18.5. The molecule has 0 radical (unpaired) electrons. The molecule has 0 saturated carbocycles. The van der Waals surface area contributed by atoms with Gasteiger partial charge in [-0.3, -0.25) is 0 Å². The Labute approximate surface area is 296 Å². The second kappa shape index (κ2) is 14.3. The maximum atomic E-state index is 13.6. The summed E-state index contributed by atoms with van der Waals surface area (Å²) in [5.74, 6) is 0.0625. The van der Waals surface area contributed by atoms with Crippen LogP contribution in [-0.4, -0.2) is 3.21 Å². The Morgan fingerprint density at radius 1 is 0.729 bits per heavy atom. The van der Waals surface area contributed by atoms with E-state index in [4.69, 9.17) is 0 Å². The van der Waals surface area contributed by atoms with Gasteiger partial charge in [0.25, 0.3) is 0 Å². The minimum absolute atomic E-state index is 0. The van der Waals surface area contributed by atoms with E-state index >= 15 is 0 Å². The SMILES string of the molecule is C=Cc1ccc2c(c1)-c1cc(C=C)c[c]([Zr+2]([C]3=CC(C)=CC3C)=[C](c3ccc(C(F)(F)F)cc3)c3ccc(C(F)(F)F)cc3)c1C2.[Cl-].[Cl-]. The molecule has 0 amide bonds. The fraction of sp³-hybridized carbons (Fsp3) is 0.154. The number of allylic oxidation sites excluding steroid dienone is 4. The van der Waals surface area contributed by atoms with Crippen LogP contribution in [0.1, 0.15) is 58.4 Å². The van der Waals surface area contributed by atoms with E-state index in [1.165, 1.54) is 33.1 Å². The zero-order valence-electron chi connectivity index (χ0n) is 26.0. The Balaban J connectivity index is 0.00000260. The molecule has 0 heterocycles. The summed E-state index contributed by atoms with van der Waals surface area (Å²) < 4.78 is 85.1. The van der Waals surface area contributed by atoms with Crippen LogP contribution < -0.4 is 28.1 Å². The van der Waals surface area contributed by atoms with Crippen LogP contribution in [0.4, 0.5) is 26.3 Å². The standard InChI is InChI=1S/C17H13.C15H8F6.C7H9.2ClH.Zr/c1-3-12-5-7-14-11-15-8-6-13(4-2)10-17(15)16(14)9-12;16-14(17,18)12-5-1-10(2-6-12)9-11-3-7-13(8-4-11)15(19,20)21;1-6-3-4-7(2)5-6;;;/h3-7,9-10H,1-2,11H2;1-8H;3,5,7H,1-2H3;2*1H;/q;;;;;+2/p-2. The molecule has 4 aromatic rings. The topological polar surface area (TPSA) is 0 Å².